The molecular weight excluding hydrogens is 748 g/mol. The first-order chi connectivity index (χ1) is 29.8. The van der Waals surface area contributed by atoms with E-state index in [2.05, 4.69) is 128 Å². The first kappa shape index (κ1) is 34.5. The van der Waals surface area contributed by atoms with Crippen molar-refractivity contribution in [2.75, 3.05) is 63.8 Å². The van der Waals surface area contributed by atoms with Crippen LogP contribution in [0, 0.1) is 0 Å². The lowest BCUT2D eigenvalue weighted by molar-refractivity contribution is 0.577. The molecule has 8 heteroatoms. The van der Waals surface area contributed by atoms with Gasteiger partial charge in [-0.3, -0.25) is 0 Å². The Morgan fingerprint density at radius 3 is 1.63 bits per heavy atom. The summed E-state index contributed by atoms with van der Waals surface area (Å²) in [6.07, 6.45) is 12.5. The van der Waals surface area contributed by atoms with E-state index < -0.39 is 0 Å². The Bertz CT molecular complexity index is 2780. The van der Waals surface area contributed by atoms with Crippen molar-refractivity contribution < 1.29 is 0 Å². The third-order valence-electron chi connectivity index (χ3n) is 15.4. The van der Waals surface area contributed by atoms with Gasteiger partial charge in [-0.2, -0.15) is 0 Å². The van der Waals surface area contributed by atoms with Crippen LogP contribution in [0.2, 0.25) is 0 Å². The zero-order valence-corrected chi connectivity index (χ0v) is 35.2. The largest absolute Gasteiger partial charge is 0.371 e. The van der Waals surface area contributed by atoms with Gasteiger partial charge in [0.2, 0.25) is 6.71 Å². The summed E-state index contributed by atoms with van der Waals surface area (Å²) >= 11 is 2.05. The Morgan fingerprint density at radius 2 is 0.983 bits per heavy atom. The van der Waals surface area contributed by atoms with E-state index >= 15 is 0 Å². The van der Waals surface area contributed by atoms with Crippen LogP contribution in [0.4, 0.5) is 51.2 Å². The molecule has 2 saturated heterocycles. The normalized spacial score (nSPS) is 19.0. The maximum atomic E-state index is 2.73. The molecule has 0 unspecified atom stereocenters. The average Bonchev–Trinajstić information content (AvgIpc) is 3.31. The smallest absolute Gasteiger partial charge is 0.252 e. The van der Waals surface area contributed by atoms with Crippen LogP contribution in [0.3, 0.4) is 0 Å². The molecular formula is C52H49B2N5S. The maximum Gasteiger partial charge on any atom is 0.252 e. The molecule has 0 atom stereocenters. The Balaban J connectivity index is 1.05. The van der Waals surface area contributed by atoms with Crippen molar-refractivity contribution in [1.82, 2.24) is 0 Å². The summed E-state index contributed by atoms with van der Waals surface area (Å²) in [4.78, 5) is 16.4. The van der Waals surface area contributed by atoms with E-state index in [1.807, 2.05) is 11.8 Å². The summed E-state index contributed by atoms with van der Waals surface area (Å²) in [5, 5.41) is 0. The van der Waals surface area contributed by atoms with E-state index in [1.54, 1.807) is 0 Å². The van der Waals surface area contributed by atoms with Gasteiger partial charge < -0.3 is 24.5 Å². The van der Waals surface area contributed by atoms with Crippen molar-refractivity contribution in [3.8, 4) is 0 Å². The zero-order chi connectivity index (χ0) is 39.1. The van der Waals surface area contributed by atoms with Gasteiger partial charge in [-0.15, -0.1) is 0 Å². The third-order valence-corrected chi connectivity index (χ3v) is 16.6. The number of nitrogens with zero attached hydrogens (tertiary/aromatic N) is 5. The molecule has 2 fully saturated rings. The second-order valence-electron chi connectivity index (χ2n) is 18.7. The molecule has 6 aromatic carbocycles. The van der Waals surface area contributed by atoms with Gasteiger partial charge in [0.05, 0.1) is 0 Å². The van der Waals surface area contributed by atoms with E-state index in [1.165, 1.54) is 156 Å². The van der Waals surface area contributed by atoms with Crippen LogP contribution < -0.4 is 57.3 Å². The number of hydrogen-bond donors (Lipinski definition) is 0. The minimum Gasteiger partial charge on any atom is -0.371 e. The fraction of sp³-hybridized carbons (Fsp3) is 0.308. The van der Waals surface area contributed by atoms with Crippen LogP contribution in [-0.4, -0.2) is 52.7 Å². The SMILES string of the molecule is c1ccc(N2c3cc4c(cc3B3c5cccc6c5N(CCC6)c5cc(N6CCCCC6)cc2c53)B2c3cccc5c3N(CCC5)c3cc(N5CCCCC5)cc(c32)S4)cc1. The maximum absolute atomic E-state index is 2.73. The van der Waals surface area contributed by atoms with Crippen molar-refractivity contribution in [2.45, 2.75) is 74.0 Å². The van der Waals surface area contributed by atoms with E-state index in [-0.39, 0.29) is 13.4 Å². The second-order valence-corrected chi connectivity index (χ2v) is 19.8. The van der Waals surface area contributed by atoms with E-state index in [0.717, 1.165) is 52.1 Å². The summed E-state index contributed by atoms with van der Waals surface area (Å²) in [6, 6.07) is 41.5. The van der Waals surface area contributed by atoms with Gasteiger partial charge in [0, 0.05) is 100 Å². The molecule has 0 bridgehead atoms. The molecule has 5 nitrogen and oxygen atoms in total. The van der Waals surface area contributed by atoms with Crippen LogP contribution in [0.15, 0.2) is 113 Å². The summed E-state index contributed by atoms with van der Waals surface area (Å²) in [6.45, 7) is 7.12. The van der Waals surface area contributed by atoms with Gasteiger partial charge >= 0.3 is 0 Å². The topological polar surface area (TPSA) is 16.2 Å². The standard InChI is InChI=1S/C52H49B2N5S/c1-4-18-36(19-5-1)59-43-33-47-42(54-40-21-11-15-35-17-13-27-58(52(35)40)45-29-38(31-48(60-47)50(45)54)56-24-8-3-9-25-56)32-41(43)53-39-20-10-14-34-16-12-26-57(51(34)39)44-28-37(30-46(59)49(44)53)55-22-6-2-7-23-55/h1,4-5,10-11,14-15,18-21,28-33H,2-3,6-9,12-13,16-17,22-27H2. The van der Waals surface area contributed by atoms with E-state index in [4.69, 9.17) is 0 Å². The van der Waals surface area contributed by atoms with Crippen molar-refractivity contribution in [3.63, 3.8) is 0 Å². The van der Waals surface area contributed by atoms with Crippen LogP contribution in [0.25, 0.3) is 0 Å². The van der Waals surface area contributed by atoms with Crippen molar-refractivity contribution >= 4 is 109 Å². The lowest BCUT2D eigenvalue weighted by atomic mass is 9.30. The summed E-state index contributed by atoms with van der Waals surface area (Å²) < 4.78 is 0. The Labute approximate surface area is 359 Å². The van der Waals surface area contributed by atoms with Gasteiger partial charge in [-0.05, 0) is 145 Å². The number of para-hydroxylation sites is 3. The number of piperidine rings is 2. The second kappa shape index (κ2) is 13.1. The molecule has 0 aromatic heterocycles. The Kier molecular flexibility index (Phi) is 7.56. The third kappa shape index (κ3) is 4.86. The first-order valence-corrected chi connectivity index (χ1v) is 23.9. The monoisotopic (exact) mass is 797 g/mol. The number of benzene rings is 6. The van der Waals surface area contributed by atoms with Gasteiger partial charge in [0.15, 0.2) is 0 Å². The number of fused-ring (bicyclic) bond motifs is 8. The molecule has 14 rings (SSSR count). The minimum absolute atomic E-state index is 0.159. The molecule has 60 heavy (non-hydrogen) atoms. The highest BCUT2D eigenvalue weighted by Gasteiger charge is 2.48. The zero-order valence-electron chi connectivity index (χ0n) is 34.4. The molecule has 8 aliphatic heterocycles. The molecule has 0 saturated carbocycles. The highest BCUT2D eigenvalue weighted by Crippen LogP contribution is 2.48. The molecule has 0 aliphatic carbocycles. The minimum atomic E-state index is 0.159. The van der Waals surface area contributed by atoms with Gasteiger partial charge in [-0.25, -0.2) is 0 Å². The summed E-state index contributed by atoms with van der Waals surface area (Å²) in [5.74, 6) is 0. The van der Waals surface area contributed by atoms with Gasteiger partial charge in [-0.1, -0.05) is 77.9 Å². The fourth-order valence-corrected chi connectivity index (χ4v) is 14.1. The average molecular weight is 798 g/mol. The van der Waals surface area contributed by atoms with Crippen molar-refractivity contribution in [1.29, 1.82) is 0 Å². The first-order valence-electron chi connectivity index (χ1n) is 23.1. The van der Waals surface area contributed by atoms with Crippen LogP contribution in [0.1, 0.15) is 62.5 Å². The molecule has 0 spiro atoms. The lowest BCUT2D eigenvalue weighted by Gasteiger charge is -2.48. The molecule has 8 aliphatic rings. The molecule has 8 heterocycles. The molecule has 6 aromatic rings. The number of rotatable bonds is 3. The predicted octanol–water partition coefficient (Wildman–Crippen LogP) is 7.74. The van der Waals surface area contributed by atoms with Crippen LogP contribution in [0.5, 0.6) is 0 Å². The van der Waals surface area contributed by atoms with Crippen molar-refractivity contribution in [3.05, 3.63) is 114 Å². The number of anilines is 9. The molecule has 0 amide bonds. The molecule has 0 radical (unpaired) electrons. The fourth-order valence-electron chi connectivity index (χ4n) is 12.9. The number of hydrogen-bond acceptors (Lipinski definition) is 6. The van der Waals surface area contributed by atoms with Crippen LogP contribution in [-0.2, 0) is 12.8 Å². The van der Waals surface area contributed by atoms with Crippen molar-refractivity contribution in [2.24, 2.45) is 0 Å². The summed E-state index contributed by atoms with van der Waals surface area (Å²) in [7, 11) is 0. The highest BCUT2D eigenvalue weighted by atomic mass is 32.2. The molecule has 0 N–H and O–H groups in total. The van der Waals surface area contributed by atoms with E-state index in [9.17, 15) is 0 Å². The van der Waals surface area contributed by atoms with Gasteiger partial charge in [0.25, 0.3) is 6.71 Å². The Hall–Kier alpha value is -5.20. The molecule has 294 valence electrons. The quantitative estimate of drug-likeness (QED) is 0.169. The van der Waals surface area contributed by atoms with Crippen LogP contribution >= 0.6 is 11.8 Å². The predicted molar refractivity (Wildman–Crippen MR) is 257 cm³/mol. The number of aryl methyl sites for hydroxylation is 2. The van der Waals surface area contributed by atoms with Gasteiger partial charge in [0.1, 0.15) is 0 Å². The summed E-state index contributed by atoms with van der Waals surface area (Å²) in [5.41, 5.74) is 24.6. The van der Waals surface area contributed by atoms with E-state index in [0.29, 0.717) is 0 Å². The Morgan fingerprint density at radius 1 is 0.400 bits per heavy atom. The highest BCUT2D eigenvalue weighted by molar-refractivity contribution is 8.00. The lowest BCUT2D eigenvalue weighted by Crippen LogP contribution is -2.65.